The normalized spacial score (nSPS) is 20.2. The number of amides is 1. The second kappa shape index (κ2) is 7.79. The maximum Gasteiger partial charge on any atom is 0.223 e. The van der Waals surface area contributed by atoms with Crippen molar-refractivity contribution in [2.45, 2.75) is 31.7 Å². The van der Waals surface area contributed by atoms with Gasteiger partial charge in [0.15, 0.2) is 0 Å². The van der Waals surface area contributed by atoms with Crippen molar-refractivity contribution < 1.29 is 4.79 Å². The SMILES string of the molecule is Cc1ccc([C@@H]2CN(C(=O)CCc3ccccn3)C[C@H]2N(C)C)cc1. The molecule has 3 rings (SSSR count). The molecule has 1 aliphatic rings. The van der Waals surface area contributed by atoms with E-state index in [-0.39, 0.29) is 5.91 Å². The highest BCUT2D eigenvalue weighted by molar-refractivity contribution is 5.77. The zero-order valence-corrected chi connectivity index (χ0v) is 15.4. The predicted octanol–water partition coefficient (Wildman–Crippen LogP) is 2.88. The summed E-state index contributed by atoms with van der Waals surface area (Å²) in [5.41, 5.74) is 3.57. The minimum Gasteiger partial charge on any atom is -0.340 e. The molecule has 4 heteroatoms. The van der Waals surface area contributed by atoms with E-state index < -0.39 is 0 Å². The molecule has 1 aliphatic heterocycles. The lowest BCUT2D eigenvalue weighted by molar-refractivity contribution is -0.130. The number of likely N-dealkylation sites (tertiary alicyclic amines) is 1. The standard InChI is InChI=1S/C21H27N3O/c1-16-7-9-17(10-8-16)19-14-24(15-20(19)23(2)3)21(25)12-11-18-6-4-5-13-22-18/h4-10,13,19-20H,11-12,14-15H2,1-3H3/t19-,20+/m0/s1. The number of pyridine rings is 1. The van der Waals surface area contributed by atoms with Crippen LogP contribution in [0.2, 0.25) is 0 Å². The Morgan fingerprint density at radius 2 is 1.92 bits per heavy atom. The van der Waals surface area contributed by atoms with Crippen LogP contribution in [0.5, 0.6) is 0 Å². The lowest BCUT2D eigenvalue weighted by Crippen LogP contribution is -2.35. The van der Waals surface area contributed by atoms with Crippen LogP contribution in [0.3, 0.4) is 0 Å². The van der Waals surface area contributed by atoms with E-state index in [0.29, 0.717) is 24.8 Å². The molecule has 0 bridgehead atoms. The molecule has 0 spiro atoms. The number of carbonyl (C=O) groups is 1. The van der Waals surface area contributed by atoms with Gasteiger partial charge in [0.1, 0.15) is 0 Å². The fourth-order valence-electron chi connectivity index (χ4n) is 3.59. The number of hydrogen-bond donors (Lipinski definition) is 0. The van der Waals surface area contributed by atoms with Crippen molar-refractivity contribution in [2.24, 2.45) is 0 Å². The van der Waals surface area contributed by atoms with Gasteiger partial charge < -0.3 is 9.80 Å². The molecule has 0 unspecified atom stereocenters. The monoisotopic (exact) mass is 337 g/mol. The van der Waals surface area contributed by atoms with Gasteiger partial charge in [0.25, 0.3) is 0 Å². The van der Waals surface area contributed by atoms with Gasteiger partial charge >= 0.3 is 0 Å². The Morgan fingerprint density at radius 3 is 2.56 bits per heavy atom. The molecule has 0 aliphatic carbocycles. The van der Waals surface area contributed by atoms with Gasteiger partial charge in [0.05, 0.1) is 0 Å². The van der Waals surface area contributed by atoms with Gasteiger partial charge in [-0.2, -0.15) is 0 Å². The van der Waals surface area contributed by atoms with Crippen LogP contribution >= 0.6 is 0 Å². The van der Waals surface area contributed by atoms with Crippen molar-refractivity contribution in [3.63, 3.8) is 0 Å². The summed E-state index contributed by atoms with van der Waals surface area (Å²) >= 11 is 0. The molecule has 1 aromatic heterocycles. The summed E-state index contributed by atoms with van der Waals surface area (Å²) in [6, 6.07) is 15.0. The molecule has 1 amide bonds. The van der Waals surface area contributed by atoms with Gasteiger partial charge in [-0.25, -0.2) is 0 Å². The first-order valence-electron chi connectivity index (χ1n) is 8.95. The van der Waals surface area contributed by atoms with Crippen LogP contribution in [0.15, 0.2) is 48.7 Å². The first-order chi connectivity index (χ1) is 12.0. The van der Waals surface area contributed by atoms with Crippen LogP contribution in [0.25, 0.3) is 0 Å². The number of aryl methyl sites for hydroxylation is 2. The van der Waals surface area contributed by atoms with Gasteiger partial charge in [-0.3, -0.25) is 9.78 Å². The fourth-order valence-corrected chi connectivity index (χ4v) is 3.59. The molecule has 0 N–H and O–H groups in total. The smallest absolute Gasteiger partial charge is 0.223 e. The number of carbonyl (C=O) groups excluding carboxylic acids is 1. The summed E-state index contributed by atoms with van der Waals surface area (Å²) in [7, 11) is 4.21. The van der Waals surface area contributed by atoms with Crippen LogP contribution in [-0.4, -0.2) is 53.9 Å². The number of benzene rings is 1. The lowest BCUT2D eigenvalue weighted by Gasteiger charge is -2.25. The fraction of sp³-hybridized carbons (Fsp3) is 0.429. The highest BCUT2D eigenvalue weighted by atomic mass is 16.2. The van der Waals surface area contributed by atoms with E-state index in [4.69, 9.17) is 0 Å². The van der Waals surface area contributed by atoms with Gasteiger partial charge in [-0.1, -0.05) is 35.9 Å². The minimum absolute atomic E-state index is 0.229. The molecular weight excluding hydrogens is 310 g/mol. The first-order valence-corrected chi connectivity index (χ1v) is 8.95. The van der Waals surface area contributed by atoms with Crippen LogP contribution in [0.1, 0.15) is 29.2 Å². The summed E-state index contributed by atoms with van der Waals surface area (Å²) in [6.07, 6.45) is 3.01. The van der Waals surface area contributed by atoms with E-state index >= 15 is 0 Å². The molecule has 1 saturated heterocycles. The minimum atomic E-state index is 0.229. The summed E-state index contributed by atoms with van der Waals surface area (Å²) < 4.78 is 0. The summed E-state index contributed by atoms with van der Waals surface area (Å²) in [4.78, 5) is 21.3. The predicted molar refractivity (Wildman–Crippen MR) is 101 cm³/mol. The Hall–Kier alpha value is -2.20. The largest absolute Gasteiger partial charge is 0.340 e. The quantitative estimate of drug-likeness (QED) is 0.842. The number of rotatable bonds is 5. The van der Waals surface area contributed by atoms with Crippen molar-refractivity contribution in [1.82, 2.24) is 14.8 Å². The number of likely N-dealkylation sites (N-methyl/N-ethyl adjacent to an activating group) is 1. The Balaban J connectivity index is 1.66. The molecular formula is C21H27N3O. The average Bonchev–Trinajstić information content (AvgIpc) is 3.07. The molecule has 0 radical (unpaired) electrons. The molecule has 0 saturated carbocycles. The summed E-state index contributed by atoms with van der Waals surface area (Å²) in [6.45, 7) is 3.70. The molecule has 2 heterocycles. The molecule has 132 valence electrons. The summed E-state index contributed by atoms with van der Waals surface area (Å²) in [5, 5.41) is 0. The third-order valence-electron chi connectivity index (χ3n) is 5.13. The molecule has 25 heavy (non-hydrogen) atoms. The third kappa shape index (κ3) is 4.26. The van der Waals surface area contributed by atoms with E-state index in [9.17, 15) is 4.79 Å². The van der Waals surface area contributed by atoms with Crippen molar-refractivity contribution in [3.05, 3.63) is 65.5 Å². The van der Waals surface area contributed by atoms with Crippen molar-refractivity contribution in [2.75, 3.05) is 27.2 Å². The van der Waals surface area contributed by atoms with E-state index in [1.54, 1.807) is 6.20 Å². The topological polar surface area (TPSA) is 36.4 Å². The van der Waals surface area contributed by atoms with E-state index in [0.717, 1.165) is 18.8 Å². The van der Waals surface area contributed by atoms with Crippen molar-refractivity contribution in [3.8, 4) is 0 Å². The van der Waals surface area contributed by atoms with Crippen LogP contribution in [-0.2, 0) is 11.2 Å². The van der Waals surface area contributed by atoms with Crippen molar-refractivity contribution >= 4 is 5.91 Å². The maximum absolute atomic E-state index is 12.7. The first kappa shape index (κ1) is 17.6. The number of hydrogen-bond acceptors (Lipinski definition) is 3. The Morgan fingerprint density at radius 1 is 1.16 bits per heavy atom. The van der Waals surface area contributed by atoms with E-state index in [1.807, 2.05) is 23.1 Å². The molecule has 4 nitrogen and oxygen atoms in total. The maximum atomic E-state index is 12.7. The Labute approximate surface area is 150 Å². The number of aromatic nitrogens is 1. The zero-order valence-electron chi connectivity index (χ0n) is 15.4. The van der Waals surface area contributed by atoms with Gasteiger partial charge in [-0.05, 0) is 45.1 Å². The second-order valence-electron chi connectivity index (χ2n) is 7.17. The zero-order chi connectivity index (χ0) is 17.8. The third-order valence-corrected chi connectivity index (χ3v) is 5.13. The molecule has 2 aromatic rings. The summed E-state index contributed by atoms with van der Waals surface area (Å²) in [5.74, 6) is 0.599. The van der Waals surface area contributed by atoms with Gasteiger partial charge in [0, 0.05) is 43.4 Å². The lowest BCUT2D eigenvalue weighted by atomic mass is 9.93. The average molecular weight is 337 g/mol. The van der Waals surface area contributed by atoms with Gasteiger partial charge in [0.2, 0.25) is 5.91 Å². The van der Waals surface area contributed by atoms with Crippen LogP contribution < -0.4 is 0 Å². The van der Waals surface area contributed by atoms with E-state index in [2.05, 4.69) is 55.2 Å². The molecule has 1 aromatic carbocycles. The molecule has 2 atom stereocenters. The van der Waals surface area contributed by atoms with Crippen molar-refractivity contribution in [1.29, 1.82) is 0 Å². The Kier molecular flexibility index (Phi) is 5.49. The molecule has 1 fully saturated rings. The number of nitrogens with zero attached hydrogens (tertiary/aromatic N) is 3. The highest BCUT2D eigenvalue weighted by Crippen LogP contribution is 2.30. The Bertz CT molecular complexity index is 697. The van der Waals surface area contributed by atoms with Gasteiger partial charge in [-0.15, -0.1) is 0 Å². The highest BCUT2D eigenvalue weighted by Gasteiger charge is 2.37. The van der Waals surface area contributed by atoms with E-state index in [1.165, 1.54) is 11.1 Å². The van der Waals surface area contributed by atoms with Crippen LogP contribution in [0, 0.1) is 6.92 Å². The van der Waals surface area contributed by atoms with Crippen LogP contribution in [0.4, 0.5) is 0 Å². The second-order valence-corrected chi connectivity index (χ2v) is 7.17.